The van der Waals surface area contributed by atoms with E-state index in [0.717, 1.165) is 41.7 Å². The van der Waals surface area contributed by atoms with E-state index in [9.17, 15) is 0 Å². The van der Waals surface area contributed by atoms with Gasteiger partial charge in [0.25, 0.3) is 0 Å². The van der Waals surface area contributed by atoms with Gasteiger partial charge in [-0.25, -0.2) is 0 Å². The molecule has 1 atom stereocenters. The first-order chi connectivity index (χ1) is 9.58. The molecule has 0 saturated carbocycles. The Morgan fingerprint density at radius 3 is 2.75 bits per heavy atom. The summed E-state index contributed by atoms with van der Waals surface area (Å²) in [7, 11) is 0. The molecule has 0 radical (unpaired) electrons. The fraction of sp³-hybridized carbons (Fsp3) is 0.533. The van der Waals surface area contributed by atoms with Crippen molar-refractivity contribution in [1.29, 1.82) is 0 Å². The molecule has 0 saturated heterocycles. The van der Waals surface area contributed by atoms with Gasteiger partial charge in [-0.1, -0.05) is 13.8 Å². The monoisotopic (exact) mass is 271 g/mol. The second-order valence-electron chi connectivity index (χ2n) is 5.79. The van der Waals surface area contributed by atoms with Crippen LogP contribution in [0.5, 0.6) is 0 Å². The Hall–Kier alpha value is -1.75. The van der Waals surface area contributed by atoms with Gasteiger partial charge in [-0.15, -0.1) is 10.2 Å². The van der Waals surface area contributed by atoms with Crippen LogP contribution in [-0.2, 0) is 6.54 Å². The van der Waals surface area contributed by atoms with E-state index < -0.39 is 0 Å². The zero-order valence-electron chi connectivity index (χ0n) is 12.5. The van der Waals surface area contributed by atoms with Crippen LogP contribution in [0.1, 0.15) is 37.1 Å². The van der Waals surface area contributed by atoms with Crippen molar-refractivity contribution in [3.63, 3.8) is 0 Å². The standard InChI is InChI=1S/C15H21N5/c1-9(2)13-15-19-18-14(20(15)8-7-16-13)12-6-5-10(3)17-11(12)4/h5-6,9,13,16H,7-8H2,1-4H3. The molecule has 20 heavy (non-hydrogen) atoms. The zero-order chi connectivity index (χ0) is 14.3. The SMILES string of the molecule is Cc1ccc(-c2nnc3n2CCNC3C(C)C)c(C)n1. The number of hydrogen-bond donors (Lipinski definition) is 1. The number of aryl methyl sites for hydroxylation is 2. The van der Waals surface area contributed by atoms with Crippen LogP contribution < -0.4 is 5.32 Å². The second kappa shape index (κ2) is 4.98. The van der Waals surface area contributed by atoms with E-state index >= 15 is 0 Å². The first kappa shape index (κ1) is 13.2. The maximum absolute atomic E-state index is 4.54. The Morgan fingerprint density at radius 2 is 2.05 bits per heavy atom. The number of fused-ring (bicyclic) bond motifs is 1. The molecule has 1 aliphatic rings. The minimum absolute atomic E-state index is 0.281. The first-order valence-corrected chi connectivity index (χ1v) is 7.19. The molecule has 0 aromatic carbocycles. The maximum atomic E-state index is 4.54. The van der Waals surface area contributed by atoms with Crippen molar-refractivity contribution >= 4 is 0 Å². The zero-order valence-corrected chi connectivity index (χ0v) is 12.5. The molecule has 3 rings (SSSR count). The molecule has 2 aromatic rings. The van der Waals surface area contributed by atoms with Gasteiger partial charge in [0.1, 0.15) is 0 Å². The molecular formula is C15H21N5. The molecular weight excluding hydrogens is 250 g/mol. The molecule has 3 heterocycles. The number of pyridine rings is 1. The highest BCUT2D eigenvalue weighted by atomic mass is 15.3. The summed E-state index contributed by atoms with van der Waals surface area (Å²) in [5.41, 5.74) is 3.13. The molecule has 0 spiro atoms. The van der Waals surface area contributed by atoms with Gasteiger partial charge in [0, 0.05) is 30.0 Å². The van der Waals surface area contributed by atoms with Gasteiger partial charge in [-0.2, -0.15) is 0 Å². The average molecular weight is 271 g/mol. The van der Waals surface area contributed by atoms with Crippen LogP contribution in [0.2, 0.25) is 0 Å². The van der Waals surface area contributed by atoms with E-state index in [4.69, 9.17) is 0 Å². The molecule has 5 heteroatoms. The Morgan fingerprint density at radius 1 is 1.25 bits per heavy atom. The molecule has 0 amide bonds. The van der Waals surface area contributed by atoms with Crippen LogP contribution in [0.25, 0.3) is 11.4 Å². The maximum Gasteiger partial charge on any atom is 0.165 e. The Balaban J connectivity index is 2.08. The van der Waals surface area contributed by atoms with Gasteiger partial charge in [0.2, 0.25) is 0 Å². The summed E-state index contributed by atoms with van der Waals surface area (Å²) >= 11 is 0. The predicted molar refractivity (Wildman–Crippen MR) is 78.3 cm³/mol. The van der Waals surface area contributed by atoms with E-state index in [1.165, 1.54) is 0 Å². The number of rotatable bonds is 2. The van der Waals surface area contributed by atoms with Crippen molar-refractivity contribution in [2.45, 2.75) is 40.3 Å². The Labute approximate surface area is 119 Å². The molecule has 2 aromatic heterocycles. The molecule has 106 valence electrons. The van der Waals surface area contributed by atoms with Gasteiger partial charge >= 0.3 is 0 Å². The molecule has 0 fully saturated rings. The highest BCUT2D eigenvalue weighted by Crippen LogP contribution is 2.28. The lowest BCUT2D eigenvalue weighted by Crippen LogP contribution is -2.36. The summed E-state index contributed by atoms with van der Waals surface area (Å²) in [4.78, 5) is 4.54. The van der Waals surface area contributed by atoms with Gasteiger partial charge in [-0.3, -0.25) is 4.98 Å². The summed E-state index contributed by atoms with van der Waals surface area (Å²) in [6.45, 7) is 10.3. The number of hydrogen-bond acceptors (Lipinski definition) is 4. The number of nitrogens with one attached hydrogen (secondary N) is 1. The van der Waals surface area contributed by atoms with Crippen LogP contribution >= 0.6 is 0 Å². The topological polar surface area (TPSA) is 55.6 Å². The molecule has 1 aliphatic heterocycles. The van der Waals surface area contributed by atoms with Crippen molar-refractivity contribution < 1.29 is 0 Å². The van der Waals surface area contributed by atoms with Crippen molar-refractivity contribution in [3.8, 4) is 11.4 Å². The quantitative estimate of drug-likeness (QED) is 0.910. The number of nitrogens with zero attached hydrogens (tertiary/aromatic N) is 4. The Kier molecular flexibility index (Phi) is 3.30. The summed E-state index contributed by atoms with van der Waals surface area (Å²) in [5, 5.41) is 12.4. The summed E-state index contributed by atoms with van der Waals surface area (Å²) in [6.07, 6.45) is 0. The van der Waals surface area contributed by atoms with E-state index in [1.54, 1.807) is 0 Å². The molecule has 1 N–H and O–H groups in total. The van der Waals surface area contributed by atoms with Crippen LogP contribution in [-0.4, -0.2) is 26.3 Å². The molecule has 5 nitrogen and oxygen atoms in total. The fourth-order valence-corrected chi connectivity index (χ4v) is 2.84. The van der Waals surface area contributed by atoms with Crippen molar-refractivity contribution in [2.24, 2.45) is 5.92 Å². The van der Waals surface area contributed by atoms with Crippen molar-refractivity contribution in [2.75, 3.05) is 6.54 Å². The lowest BCUT2D eigenvalue weighted by molar-refractivity contribution is 0.339. The second-order valence-corrected chi connectivity index (χ2v) is 5.79. The molecule has 0 aliphatic carbocycles. The largest absolute Gasteiger partial charge is 0.308 e. The van der Waals surface area contributed by atoms with Gasteiger partial charge in [0.15, 0.2) is 11.6 Å². The molecule has 1 unspecified atom stereocenters. The van der Waals surface area contributed by atoms with Crippen molar-refractivity contribution in [1.82, 2.24) is 25.1 Å². The lowest BCUT2D eigenvalue weighted by atomic mass is 10.0. The van der Waals surface area contributed by atoms with Gasteiger partial charge in [0.05, 0.1) is 6.04 Å². The normalized spacial score (nSPS) is 18.4. The minimum Gasteiger partial charge on any atom is -0.308 e. The van der Waals surface area contributed by atoms with Gasteiger partial charge in [-0.05, 0) is 31.9 Å². The van der Waals surface area contributed by atoms with Crippen molar-refractivity contribution in [3.05, 3.63) is 29.3 Å². The van der Waals surface area contributed by atoms with E-state index in [-0.39, 0.29) is 6.04 Å². The summed E-state index contributed by atoms with van der Waals surface area (Å²) in [5.74, 6) is 2.49. The average Bonchev–Trinajstić information content (AvgIpc) is 2.82. The third-order valence-electron chi connectivity index (χ3n) is 3.89. The van der Waals surface area contributed by atoms with Crippen LogP contribution in [0.4, 0.5) is 0 Å². The smallest absolute Gasteiger partial charge is 0.165 e. The summed E-state index contributed by atoms with van der Waals surface area (Å²) < 4.78 is 2.24. The lowest BCUT2D eigenvalue weighted by Gasteiger charge is -2.27. The van der Waals surface area contributed by atoms with E-state index in [1.807, 2.05) is 19.9 Å². The predicted octanol–water partition coefficient (Wildman–Crippen LogP) is 2.26. The number of aromatic nitrogens is 4. The summed E-state index contributed by atoms with van der Waals surface area (Å²) in [6, 6.07) is 4.41. The highest BCUT2D eigenvalue weighted by molar-refractivity contribution is 5.58. The van der Waals surface area contributed by atoms with E-state index in [0.29, 0.717) is 5.92 Å². The fourth-order valence-electron chi connectivity index (χ4n) is 2.84. The van der Waals surface area contributed by atoms with Crippen LogP contribution in [0, 0.1) is 19.8 Å². The third kappa shape index (κ3) is 2.12. The van der Waals surface area contributed by atoms with Crippen LogP contribution in [0.15, 0.2) is 12.1 Å². The third-order valence-corrected chi connectivity index (χ3v) is 3.89. The Bertz CT molecular complexity index is 629. The minimum atomic E-state index is 0.281. The van der Waals surface area contributed by atoms with Gasteiger partial charge < -0.3 is 9.88 Å². The molecule has 0 bridgehead atoms. The van der Waals surface area contributed by atoms with E-state index in [2.05, 4.69) is 45.0 Å². The highest BCUT2D eigenvalue weighted by Gasteiger charge is 2.27. The first-order valence-electron chi connectivity index (χ1n) is 7.19. The van der Waals surface area contributed by atoms with Crippen LogP contribution in [0.3, 0.4) is 0 Å².